The molecule has 0 saturated heterocycles. The largest absolute Gasteiger partial charge is 0.244 e. The summed E-state index contributed by atoms with van der Waals surface area (Å²) in [5, 5.41) is 0.136. The highest BCUT2D eigenvalue weighted by molar-refractivity contribution is 9.10. The highest BCUT2D eigenvalue weighted by atomic mass is 79.9. The Morgan fingerprint density at radius 2 is 2.08 bits per heavy atom. The second-order valence-corrected chi connectivity index (χ2v) is 5.28. The minimum atomic E-state index is -3.20. The van der Waals surface area contributed by atoms with Crippen LogP contribution in [0.5, 0.6) is 0 Å². The molecule has 0 atom stereocenters. The van der Waals surface area contributed by atoms with E-state index in [9.17, 15) is 8.42 Å². The molecule has 0 radical (unpaired) electrons. The smallest absolute Gasteiger partial charge is 0.193 e. The molecule has 1 aromatic rings. The van der Waals surface area contributed by atoms with Crippen LogP contribution in [0.2, 0.25) is 0 Å². The number of aromatic nitrogens is 1. The zero-order chi connectivity index (χ0) is 9.35. The Morgan fingerprint density at radius 3 is 2.50 bits per heavy atom. The third kappa shape index (κ3) is 1.84. The summed E-state index contributed by atoms with van der Waals surface area (Å²) < 4.78 is 23.0. The number of halogens is 1. The van der Waals surface area contributed by atoms with Crippen molar-refractivity contribution < 1.29 is 8.42 Å². The van der Waals surface area contributed by atoms with Gasteiger partial charge in [-0.3, -0.25) is 0 Å². The van der Waals surface area contributed by atoms with E-state index in [0.29, 0.717) is 5.56 Å². The first-order valence-electron chi connectivity index (χ1n) is 3.24. The van der Waals surface area contributed by atoms with Crippen LogP contribution in [0.4, 0.5) is 0 Å². The molecule has 0 aromatic carbocycles. The molecule has 0 spiro atoms. The van der Waals surface area contributed by atoms with Crippen molar-refractivity contribution in [1.82, 2.24) is 4.98 Å². The van der Waals surface area contributed by atoms with Crippen molar-refractivity contribution in [2.75, 3.05) is 6.26 Å². The standard InChI is InChI=1S/C7H8BrNO2S/c1-5-6(8)3-4-9-7(5)12(2,10)11/h3-4H,1-2H3. The SMILES string of the molecule is Cc1c(Br)ccnc1S(C)(=O)=O. The van der Waals surface area contributed by atoms with Gasteiger partial charge in [0.15, 0.2) is 14.9 Å². The Kier molecular flexibility index (Phi) is 2.53. The number of sulfone groups is 1. The highest BCUT2D eigenvalue weighted by Gasteiger charge is 2.13. The van der Waals surface area contributed by atoms with Gasteiger partial charge in [-0.15, -0.1) is 0 Å². The lowest BCUT2D eigenvalue weighted by Gasteiger charge is -2.02. The van der Waals surface area contributed by atoms with Crippen LogP contribution < -0.4 is 0 Å². The van der Waals surface area contributed by atoms with E-state index in [-0.39, 0.29) is 5.03 Å². The van der Waals surface area contributed by atoms with E-state index in [1.807, 2.05) is 0 Å². The van der Waals surface area contributed by atoms with Crippen LogP contribution in [0.25, 0.3) is 0 Å². The van der Waals surface area contributed by atoms with Crippen LogP contribution in [0.15, 0.2) is 21.8 Å². The Labute approximate surface area is 79.9 Å². The van der Waals surface area contributed by atoms with Gasteiger partial charge in [0.2, 0.25) is 0 Å². The molecule has 66 valence electrons. The van der Waals surface area contributed by atoms with Gasteiger partial charge >= 0.3 is 0 Å². The Bertz CT molecular complexity index is 400. The normalized spacial score (nSPS) is 11.6. The predicted octanol–water partition coefficient (Wildman–Crippen LogP) is 1.56. The summed E-state index contributed by atoms with van der Waals surface area (Å²) in [6.07, 6.45) is 2.61. The first-order valence-corrected chi connectivity index (χ1v) is 5.92. The molecule has 0 aliphatic rings. The fourth-order valence-electron chi connectivity index (χ4n) is 0.868. The molecule has 0 fully saturated rings. The number of nitrogens with zero attached hydrogens (tertiary/aromatic N) is 1. The van der Waals surface area contributed by atoms with Crippen molar-refractivity contribution in [3.63, 3.8) is 0 Å². The monoisotopic (exact) mass is 249 g/mol. The van der Waals surface area contributed by atoms with Crippen LogP contribution in [0.1, 0.15) is 5.56 Å². The number of pyridine rings is 1. The lowest BCUT2D eigenvalue weighted by Crippen LogP contribution is -2.03. The summed E-state index contributed by atoms with van der Waals surface area (Å²) in [6, 6.07) is 1.71. The molecule has 0 unspecified atom stereocenters. The molecule has 0 amide bonds. The van der Waals surface area contributed by atoms with Crippen LogP contribution in [0, 0.1) is 6.92 Å². The van der Waals surface area contributed by atoms with Crippen LogP contribution in [0.3, 0.4) is 0 Å². The van der Waals surface area contributed by atoms with Gasteiger partial charge in [0.1, 0.15) is 0 Å². The minimum absolute atomic E-state index is 0.136. The van der Waals surface area contributed by atoms with Crippen molar-refractivity contribution in [3.8, 4) is 0 Å². The van der Waals surface area contributed by atoms with Crippen molar-refractivity contribution in [2.45, 2.75) is 11.9 Å². The summed E-state index contributed by atoms with van der Waals surface area (Å²) in [6.45, 7) is 1.72. The molecule has 5 heteroatoms. The second kappa shape index (κ2) is 3.14. The molecular formula is C7H8BrNO2S. The Morgan fingerprint density at radius 1 is 1.50 bits per heavy atom. The van der Waals surface area contributed by atoms with Gasteiger partial charge in [-0.2, -0.15) is 0 Å². The van der Waals surface area contributed by atoms with Crippen molar-refractivity contribution >= 4 is 25.8 Å². The van der Waals surface area contributed by atoms with Gasteiger partial charge in [-0.1, -0.05) is 15.9 Å². The molecule has 0 bridgehead atoms. The average Bonchev–Trinajstić information content (AvgIpc) is 1.92. The molecule has 1 heterocycles. The molecule has 0 saturated carbocycles. The molecule has 12 heavy (non-hydrogen) atoms. The van der Waals surface area contributed by atoms with E-state index in [4.69, 9.17) is 0 Å². The minimum Gasteiger partial charge on any atom is -0.244 e. The topological polar surface area (TPSA) is 47.0 Å². The Hall–Kier alpha value is -0.420. The number of hydrogen-bond donors (Lipinski definition) is 0. The van der Waals surface area contributed by atoms with Gasteiger partial charge in [0.25, 0.3) is 0 Å². The third-order valence-corrected chi connectivity index (χ3v) is 3.42. The van der Waals surface area contributed by atoms with Gasteiger partial charge in [-0.05, 0) is 13.0 Å². The van der Waals surface area contributed by atoms with Gasteiger partial charge in [-0.25, -0.2) is 13.4 Å². The lowest BCUT2D eigenvalue weighted by molar-refractivity contribution is 0.597. The van der Waals surface area contributed by atoms with E-state index >= 15 is 0 Å². The molecule has 0 aliphatic heterocycles. The summed E-state index contributed by atoms with van der Waals surface area (Å²) in [5.41, 5.74) is 0.653. The highest BCUT2D eigenvalue weighted by Crippen LogP contribution is 2.20. The maximum absolute atomic E-state index is 11.1. The van der Waals surface area contributed by atoms with E-state index in [0.717, 1.165) is 10.7 Å². The van der Waals surface area contributed by atoms with E-state index in [1.54, 1.807) is 13.0 Å². The zero-order valence-corrected chi connectivity index (χ0v) is 9.11. The average molecular weight is 250 g/mol. The predicted molar refractivity (Wildman–Crippen MR) is 49.8 cm³/mol. The maximum Gasteiger partial charge on any atom is 0.193 e. The number of hydrogen-bond acceptors (Lipinski definition) is 3. The van der Waals surface area contributed by atoms with Gasteiger partial charge in [0, 0.05) is 22.5 Å². The van der Waals surface area contributed by atoms with Crippen LogP contribution >= 0.6 is 15.9 Å². The van der Waals surface area contributed by atoms with Gasteiger partial charge < -0.3 is 0 Å². The molecule has 3 nitrogen and oxygen atoms in total. The molecule has 0 N–H and O–H groups in total. The van der Waals surface area contributed by atoms with Crippen molar-refractivity contribution in [3.05, 3.63) is 22.3 Å². The van der Waals surface area contributed by atoms with E-state index < -0.39 is 9.84 Å². The first-order chi connectivity index (χ1) is 5.43. The first kappa shape index (κ1) is 9.67. The van der Waals surface area contributed by atoms with Crippen LogP contribution in [-0.2, 0) is 9.84 Å². The Balaban J connectivity index is 3.47. The van der Waals surface area contributed by atoms with Crippen molar-refractivity contribution in [1.29, 1.82) is 0 Å². The van der Waals surface area contributed by atoms with E-state index in [1.165, 1.54) is 6.20 Å². The van der Waals surface area contributed by atoms with E-state index in [2.05, 4.69) is 20.9 Å². The summed E-state index contributed by atoms with van der Waals surface area (Å²) in [5.74, 6) is 0. The zero-order valence-electron chi connectivity index (χ0n) is 6.70. The third-order valence-electron chi connectivity index (χ3n) is 1.44. The van der Waals surface area contributed by atoms with Gasteiger partial charge in [0.05, 0.1) is 0 Å². The summed E-state index contributed by atoms with van der Waals surface area (Å²) >= 11 is 3.23. The quantitative estimate of drug-likeness (QED) is 0.759. The fourth-order valence-corrected chi connectivity index (χ4v) is 2.22. The lowest BCUT2D eigenvalue weighted by atomic mass is 10.3. The molecule has 0 aliphatic carbocycles. The van der Waals surface area contributed by atoms with Crippen LogP contribution in [-0.4, -0.2) is 19.7 Å². The number of rotatable bonds is 1. The van der Waals surface area contributed by atoms with Crippen molar-refractivity contribution in [2.24, 2.45) is 0 Å². The summed E-state index contributed by atoms with van der Waals surface area (Å²) in [7, 11) is -3.20. The molecule has 1 aromatic heterocycles. The second-order valence-electron chi connectivity index (χ2n) is 2.50. The molecular weight excluding hydrogens is 242 g/mol. The maximum atomic E-state index is 11.1. The fraction of sp³-hybridized carbons (Fsp3) is 0.286. The molecule has 1 rings (SSSR count). The summed E-state index contributed by atoms with van der Waals surface area (Å²) in [4.78, 5) is 3.79.